The third-order valence-corrected chi connectivity index (χ3v) is 9.54. The largest absolute Gasteiger partial charge is 0.334 e. The Kier molecular flexibility index (Phi) is 8.16. The van der Waals surface area contributed by atoms with Crippen LogP contribution in [0.5, 0.6) is 0 Å². The van der Waals surface area contributed by atoms with Crippen LogP contribution < -0.4 is 10.0 Å². The van der Waals surface area contributed by atoms with Crippen molar-refractivity contribution in [1.29, 1.82) is 0 Å². The molecule has 0 saturated carbocycles. The van der Waals surface area contributed by atoms with Crippen molar-refractivity contribution in [2.24, 2.45) is 0 Å². The maximum Gasteiger partial charge on any atom is 0.242 e. The third kappa shape index (κ3) is 6.17. The third-order valence-electron chi connectivity index (χ3n) is 7.58. The predicted octanol–water partition coefficient (Wildman–Crippen LogP) is 1.77. The summed E-state index contributed by atoms with van der Waals surface area (Å²) in [4.78, 5) is 32.5. The molecule has 0 aromatic heterocycles. The van der Waals surface area contributed by atoms with Crippen molar-refractivity contribution in [3.05, 3.63) is 40.9 Å². The molecule has 3 aliphatic heterocycles. The van der Waals surface area contributed by atoms with Gasteiger partial charge in [0.15, 0.2) is 0 Å². The fraction of sp³-hybridized carbons (Fsp3) is 0.538. The maximum atomic E-state index is 13.3. The Balaban J connectivity index is 1.24. The van der Waals surface area contributed by atoms with Crippen LogP contribution in [0.3, 0.4) is 0 Å². The van der Waals surface area contributed by atoms with E-state index >= 15 is 0 Å². The summed E-state index contributed by atoms with van der Waals surface area (Å²) in [6.45, 7) is 5.53. The van der Waals surface area contributed by atoms with E-state index in [0.717, 1.165) is 48.0 Å². The average Bonchev–Trinajstić information content (AvgIpc) is 3.39. The topological polar surface area (TPSA) is 102 Å². The van der Waals surface area contributed by atoms with Crippen LogP contribution in [0.25, 0.3) is 10.8 Å². The Bertz CT molecular complexity index is 1270. The Morgan fingerprint density at radius 3 is 2.59 bits per heavy atom. The van der Waals surface area contributed by atoms with Gasteiger partial charge in [-0.1, -0.05) is 28.1 Å². The summed E-state index contributed by atoms with van der Waals surface area (Å²) in [7, 11) is -3.91. The van der Waals surface area contributed by atoms with Crippen molar-refractivity contribution in [2.75, 3.05) is 52.4 Å². The molecule has 37 heavy (non-hydrogen) atoms. The van der Waals surface area contributed by atoms with Crippen LogP contribution in [0.2, 0.25) is 0 Å². The zero-order valence-corrected chi connectivity index (χ0v) is 23.3. The molecule has 1 unspecified atom stereocenters. The first kappa shape index (κ1) is 26.6. The van der Waals surface area contributed by atoms with Crippen LogP contribution in [-0.4, -0.2) is 99.4 Å². The molecule has 3 aliphatic rings. The number of nitrogens with zero attached hydrogens (tertiary/aromatic N) is 3. The Morgan fingerprint density at radius 1 is 1.03 bits per heavy atom. The molecule has 11 heteroatoms. The molecule has 0 spiro atoms. The van der Waals surface area contributed by atoms with Gasteiger partial charge in [0.25, 0.3) is 0 Å². The van der Waals surface area contributed by atoms with Gasteiger partial charge in [0.2, 0.25) is 21.8 Å². The normalized spacial score (nSPS) is 23.6. The van der Waals surface area contributed by atoms with E-state index in [4.69, 9.17) is 0 Å². The van der Waals surface area contributed by atoms with E-state index in [1.165, 1.54) is 17.7 Å². The van der Waals surface area contributed by atoms with Crippen molar-refractivity contribution in [2.45, 2.75) is 42.7 Å². The number of amides is 2. The summed E-state index contributed by atoms with van der Waals surface area (Å²) < 4.78 is 29.8. The first-order valence-corrected chi connectivity index (χ1v) is 15.3. The lowest BCUT2D eigenvalue weighted by Crippen LogP contribution is -2.60. The number of carbonyl (C=O) groups is 2. The Morgan fingerprint density at radius 2 is 1.78 bits per heavy atom. The number of halogens is 1. The van der Waals surface area contributed by atoms with Crippen LogP contribution in [0, 0.1) is 0 Å². The molecule has 0 radical (unpaired) electrons. The molecular formula is C26H34BrN5O4S. The van der Waals surface area contributed by atoms with Crippen LogP contribution >= 0.6 is 15.9 Å². The molecule has 2 N–H and O–H groups in total. The first-order chi connectivity index (χ1) is 17.8. The quantitative estimate of drug-likeness (QED) is 0.509. The molecule has 2 aromatic carbocycles. The fourth-order valence-electron chi connectivity index (χ4n) is 5.59. The summed E-state index contributed by atoms with van der Waals surface area (Å²) in [6.07, 6.45) is 3.44. The van der Waals surface area contributed by atoms with Gasteiger partial charge >= 0.3 is 0 Å². The molecule has 0 bridgehead atoms. The number of likely N-dealkylation sites (tertiary alicyclic amines) is 2. The predicted molar refractivity (Wildman–Crippen MR) is 146 cm³/mol. The van der Waals surface area contributed by atoms with E-state index < -0.39 is 16.1 Å². The fourth-order valence-corrected chi connectivity index (χ4v) is 7.23. The van der Waals surface area contributed by atoms with Crippen molar-refractivity contribution in [3.63, 3.8) is 0 Å². The average molecular weight is 593 g/mol. The summed E-state index contributed by atoms with van der Waals surface area (Å²) in [5.41, 5.74) is 0. The van der Waals surface area contributed by atoms with Gasteiger partial charge in [-0.3, -0.25) is 9.59 Å². The second kappa shape index (κ2) is 11.4. The van der Waals surface area contributed by atoms with Gasteiger partial charge in [0, 0.05) is 37.2 Å². The standard InChI is InChI=1S/C26H34BrN5O4S/c27-21-7-5-20-15-23(8-6-19(20)14-21)37(35,36)29-24-4-3-12-31(26(24)34)18-25(33)32-13-9-28-16-22(32)17-30-10-1-2-11-30/h5-8,14-15,22,24,28-29H,1-4,9-13,16-18H2/t22?,24-/m0/s1. The minimum atomic E-state index is -3.91. The van der Waals surface area contributed by atoms with Crippen molar-refractivity contribution in [1.82, 2.24) is 24.7 Å². The summed E-state index contributed by atoms with van der Waals surface area (Å²) in [5.74, 6) is -0.401. The number of carbonyl (C=O) groups excluding carboxylic acids is 2. The molecule has 2 amide bonds. The highest BCUT2D eigenvalue weighted by Crippen LogP contribution is 2.24. The molecule has 2 atom stereocenters. The number of hydrogen-bond donors (Lipinski definition) is 2. The van der Waals surface area contributed by atoms with Gasteiger partial charge in [0.05, 0.1) is 17.5 Å². The van der Waals surface area contributed by atoms with Crippen LogP contribution in [0.4, 0.5) is 0 Å². The second-order valence-corrected chi connectivity index (χ2v) is 12.8. The highest BCUT2D eigenvalue weighted by atomic mass is 79.9. The van der Waals surface area contributed by atoms with E-state index in [1.807, 2.05) is 23.1 Å². The van der Waals surface area contributed by atoms with E-state index in [0.29, 0.717) is 25.9 Å². The summed E-state index contributed by atoms with van der Waals surface area (Å²) in [5, 5.41) is 5.11. The zero-order valence-electron chi connectivity index (χ0n) is 20.9. The maximum absolute atomic E-state index is 13.3. The molecule has 3 saturated heterocycles. The summed E-state index contributed by atoms with van der Waals surface area (Å²) in [6, 6.07) is 9.77. The van der Waals surface area contributed by atoms with Crippen LogP contribution in [0.15, 0.2) is 45.8 Å². The zero-order chi connectivity index (χ0) is 26.0. The van der Waals surface area contributed by atoms with Crippen molar-refractivity contribution < 1.29 is 18.0 Å². The van der Waals surface area contributed by atoms with Crippen LogP contribution in [0.1, 0.15) is 25.7 Å². The SMILES string of the molecule is O=C1[C@@H](NS(=O)(=O)c2ccc3cc(Br)ccc3c2)CCCN1CC(=O)N1CCNCC1CN1CCCC1. The highest BCUT2D eigenvalue weighted by molar-refractivity contribution is 9.10. The minimum absolute atomic E-state index is 0.0155. The minimum Gasteiger partial charge on any atom is -0.334 e. The number of sulfonamides is 1. The molecule has 3 heterocycles. The summed E-state index contributed by atoms with van der Waals surface area (Å²) >= 11 is 3.43. The lowest BCUT2D eigenvalue weighted by Gasteiger charge is -2.40. The molecule has 5 rings (SSSR count). The number of hydrogen-bond acceptors (Lipinski definition) is 6. The number of piperazine rings is 1. The number of benzene rings is 2. The van der Waals surface area contributed by atoms with Gasteiger partial charge in [-0.2, -0.15) is 4.72 Å². The number of fused-ring (bicyclic) bond motifs is 1. The van der Waals surface area contributed by atoms with E-state index in [9.17, 15) is 18.0 Å². The molecule has 9 nitrogen and oxygen atoms in total. The molecule has 200 valence electrons. The second-order valence-electron chi connectivity index (χ2n) is 10.2. The molecule has 0 aliphatic carbocycles. The van der Waals surface area contributed by atoms with E-state index in [1.54, 1.807) is 18.2 Å². The number of piperidine rings is 1. The van der Waals surface area contributed by atoms with Gasteiger partial charge in [0.1, 0.15) is 6.04 Å². The van der Waals surface area contributed by atoms with Crippen molar-refractivity contribution in [3.8, 4) is 0 Å². The molecule has 3 fully saturated rings. The lowest BCUT2D eigenvalue weighted by atomic mass is 10.1. The van der Waals surface area contributed by atoms with Crippen LogP contribution in [-0.2, 0) is 19.6 Å². The van der Waals surface area contributed by atoms with Crippen molar-refractivity contribution >= 4 is 48.5 Å². The smallest absolute Gasteiger partial charge is 0.242 e. The van der Waals surface area contributed by atoms with Gasteiger partial charge in [-0.15, -0.1) is 0 Å². The molecular weight excluding hydrogens is 558 g/mol. The Hall–Kier alpha value is -2.05. The van der Waals surface area contributed by atoms with Gasteiger partial charge in [-0.05, 0) is 73.8 Å². The Labute approximate surface area is 226 Å². The van der Waals surface area contributed by atoms with Gasteiger partial charge < -0.3 is 20.0 Å². The monoisotopic (exact) mass is 591 g/mol. The number of rotatable bonds is 7. The molecule has 2 aromatic rings. The first-order valence-electron chi connectivity index (χ1n) is 13.0. The lowest BCUT2D eigenvalue weighted by molar-refractivity contribution is -0.145. The highest BCUT2D eigenvalue weighted by Gasteiger charge is 2.36. The number of nitrogens with one attached hydrogen (secondary N) is 2. The van der Waals surface area contributed by atoms with E-state index in [2.05, 4.69) is 30.9 Å². The van der Waals surface area contributed by atoms with E-state index in [-0.39, 0.29) is 29.3 Å². The van der Waals surface area contributed by atoms with Gasteiger partial charge in [-0.25, -0.2) is 8.42 Å².